The third-order valence-corrected chi connectivity index (χ3v) is 4.32. The van der Waals surface area contributed by atoms with Crippen molar-refractivity contribution in [2.45, 2.75) is 19.8 Å². The number of rotatable bonds is 5. The van der Waals surface area contributed by atoms with Gasteiger partial charge in [-0.3, -0.25) is 4.72 Å². The largest absolute Gasteiger partial charge is 0.356 e. The summed E-state index contributed by atoms with van der Waals surface area (Å²) < 4.78 is 24.9. The van der Waals surface area contributed by atoms with E-state index < -0.39 is 10.0 Å². The van der Waals surface area contributed by atoms with Gasteiger partial charge in [0.15, 0.2) is 0 Å². The minimum Gasteiger partial charge on any atom is -0.356 e. The molecule has 1 aromatic heterocycles. The Morgan fingerprint density at radius 3 is 2.29 bits per heavy atom. The molecule has 0 saturated carbocycles. The van der Waals surface area contributed by atoms with E-state index in [0.29, 0.717) is 5.69 Å². The maximum absolute atomic E-state index is 11.2. The number of nitrogens with one attached hydrogen (secondary N) is 2. The van der Waals surface area contributed by atoms with Gasteiger partial charge in [0.05, 0.1) is 6.26 Å². The van der Waals surface area contributed by atoms with Crippen molar-refractivity contribution >= 4 is 33.0 Å². The predicted octanol–water partition coefficient (Wildman–Crippen LogP) is 2.50. The van der Waals surface area contributed by atoms with Crippen LogP contribution < -0.4 is 14.9 Å². The molecule has 0 bridgehead atoms. The zero-order valence-electron chi connectivity index (χ0n) is 13.8. The van der Waals surface area contributed by atoms with Crippen LogP contribution in [-0.4, -0.2) is 37.7 Å². The second-order valence-electron chi connectivity index (χ2n) is 5.93. The van der Waals surface area contributed by atoms with Crippen LogP contribution in [-0.2, 0) is 10.0 Å². The van der Waals surface area contributed by atoms with Crippen molar-refractivity contribution in [3.63, 3.8) is 0 Å². The molecular formula is C16H21N5O2S. The lowest BCUT2D eigenvalue weighted by molar-refractivity contribution is 0.607. The molecule has 0 spiro atoms. The summed E-state index contributed by atoms with van der Waals surface area (Å²) in [5.74, 6) is 2.39. The molecule has 8 heteroatoms. The summed E-state index contributed by atoms with van der Waals surface area (Å²) in [6, 6.07) is 8.97. The van der Waals surface area contributed by atoms with Crippen LogP contribution in [0.1, 0.15) is 18.7 Å². The highest BCUT2D eigenvalue weighted by atomic mass is 32.2. The highest BCUT2D eigenvalue weighted by Gasteiger charge is 2.15. The standard InChI is InChI=1S/C16H21N5O2S/c1-12-17-15(11-16(18-12)21-9-3-4-10-21)19-13-5-7-14(8-6-13)20-24(2,22)23/h5-8,11,20H,3-4,9-10H2,1-2H3,(H,17,18,19). The van der Waals surface area contributed by atoms with E-state index in [0.717, 1.165) is 42.5 Å². The van der Waals surface area contributed by atoms with Crippen LogP contribution in [0.15, 0.2) is 30.3 Å². The lowest BCUT2D eigenvalue weighted by Crippen LogP contribution is -2.19. The third kappa shape index (κ3) is 4.35. The molecule has 0 amide bonds. The van der Waals surface area contributed by atoms with Crippen LogP contribution >= 0.6 is 0 Å². The van der Waals surface area contributed by atoms with Crippen molar-refractivity contribution in [2.75, 3.05) is 34.3 Å². The van der Waals surface area contributed by atoms with Crippen LogP contribution in [0.2, 0.25) is 0 Å². The molecule has 2 heterocycles. The number of sulfonamides is 1. The topological polar surface area (TPSA) is 87.2 Å². The lowest BCUT2D eigenvalue weighted by Gasteiger charge is -2.18. The van der Waals surface area contributed by atoms with Crippen molar-refractivity contribution in [1.29, 1.82) is 0 Å². The number of aryl methyl sites for hydroxylation is 1. The van der Waals surface area contributed by atoms with Gasteiger partial charge >= 0.3 is 0 Å². The molecule has 1 aliphatic heterocycles. The number of aromatic nitrogens is 2. The first-order chi connectivity index (χ1) is 11.4. The van der Waals surface area contributed by atoms with Crippen LogP contribution in [0.5, 0.6) is 0 Å². The third-order valence-electron chi connectivity index (χ3n) is 3.72. The molecule has 24 heavy (non-hydrogen) atoms. The second-order valence-corrected chi connectivity index (χ2v) is 7.68. The van der Waals surface area contributed by atoms with E-state index in [1.165, 1.54) is 12.8 Å². The molecule has 0 aliphatic carbocycles. The first-order valence-corrected chi connectivity index (χ1v) is 9.74. The van der Waals surface area contributed by atoms with Gasteiger partial charge in [0.2, 0.25) is 10.0 Å². The van der Waals surface area contributed by atoms with Crippen molar-refractivity contribution in [1.82, 2.24) is 9.97 Å². The SMILES string of the molecule is Cc1nc(Nc2ccc(NS(C)(=O)=O)cc2)cc(N2CCCC2)n1. The van der Waals surface area contributed by atoms with Crippen LogP contribution in [0, 0.1) is 6.92 Å². The van der Waals surface area contributed by atoms with Gasteiger partial charge in [-0.1, -0.05) is 0 Å². The number of hydrogen-bond donors (Lipinski definition) is 2. The summed E-state index contributed by atoms with van der Waals surface area (Å²) in [6.07, 6.45) is 3.52. The highest BCUT2D eigenvalue weighted by molar-refractivity contribution is 7.92. The summed E-state index contributed by atoms with van der Waals surface area (Å²) in [4.78, 5) is 11.2. The van der Waals surface area contributed by atoms with E-state index in [1.807, 2.05) is 13.0 Å². The normalized spacial score (nSPS) is 14.7. The minimum atomic E-state index is -3.27. The summed E-state index contributed by atoms with van der Waals surface area (Å²) in [5.41, 5.74) is 1.36. The maximum Gasteiger partial charge on any atom is 0.229 e. The summed E-state index contributed by atoms with van der Waals surface area (Å²) in [5, 5.41) is 3.24. The monoisotopic (exact) mass is 347 g/mol. The fraction of sp³-hybridized carbons (Fsp3) is 0.375. The molecule has 1 saturated heterocycles. The Hall–Kier alpha value is -2.35. The van der Waals surface area contributed by atoms with Gasteiger partial charge in [-0.2, -0.15) is 0 Å². The van der Waals surface area contributed by atoms with Gasteiger partial charge in [-0.25, -0.2) is 18.4 Å². The predicted molar refractivity (Wildman–Crippen MR) is 96.4 cm³/mol. The fourth-order valence-electron chi connectivity index (χ4n) is 2.71. The Labute approximate surface area is 142 Å². The molecular weight excluding hydrogens is 326 g/mol. The molecule has 128 valence electrons. The van der Waals surface area contributed by atoms with E-state index >= 15 is 0 Å². The molecule has 2 N–H and O–H groups in total. The van der Waals surface area contributed by atoms with Crippen LogP contribution in [0.4, 0.5) is 23.0 Å². The molecule has 0 radical (unpaired) electrons. The van der Waals surface area contributed by atoms with Gasteiger partial charge in [-0.05, 0) is 44.0 Å². The van der Waals surface area contributed by atoms with E-state index in [-0.39, 0.29) is 0 Å². The van der Waals surface area contributed by atoms with E-state index in [9.17, 15) is 8.42 Å². The Morgan fingerprint density at radius 1 is 1.04 bits per heavy atom. The zero-order chi connectivity index (χ0) is 17.2. The number of anilines is 4. The van der Waals surface area contributed by atoms with Crippen molar-refractivity contribution in [3.8, 4) is 0 Å². The minimum absolute atomic E-state index is 0.527. The molecule has 3 rings (SSSR count). The number of hydrogen-bond acceptors (Lipinski definition) is 6. The molecule has 1 aliphatic rings. The molecule has 1 aromatic carbocycles. The van der Waals surface area contributed by atoms with Gasteiger partial charge in [0.25, 0.3) is 0 Å². The summed E-state index contributed by atoms with van der Waals surface area (Å²) >= 11 is 0. The average molecular weight is 347 g/mol. The molecule has 0 atom stereocenters. The van der Waals surface area contributed by atoms with Gasteiger partial charge < -0.3 is 10.2 Å². The maximum atomic E-state index is 11.2. The van der Waals surface area contributed by atoms with Crippen molar-refractivity contribution in [3.05, 3.63) is 36.2 Å². The smallest absolute Gasteiger partial charge is 0.229 e. The van der Waals surface area contributed by atoms with Crippen molar-refractivity contribution in [2.24, 2.45) is 0 Å². The molecule has 2 aromatic rings. The van der Waals surface area contributed by atoms with E-state index in [1.54, 1.807) is 24.3 Å². The quantitative estimate of drug-likeness (QED) is 0.864. The summed E-state index contributed by atoms with van der Waals surface area (Å²) in [7, 11) is -3.27. The Bertz CT molecular complexity index is 815. The van der Waals surface area contributed by atoms with Crippen molar-refractivity contribution < 1.29 is 8.42 Å². The lowest BCUT2D eigenvalue weighted by atomic mass is 10.3. The first-order valence-electron chi connectivity index (χ1n) is 7.84. The van der Waals surface area contributed by atoms with Crippen LogP contribution in [0.3, 0.4) is 0 Å². The second kappa shape index (κ2) is 6.64. The Morgan fingerprint density at radius 2 is 1.67 bits per heavy atom. The Balaban J connectivity index is 1.75. The fourth-order valence-corrected chi connectivity index (χ4v) is 3.27. The van der Waals surface area contributed by atoms with Crippen LogP contribution in [0.25, 0.3) is 0 Å². The molecule has 7 nitrogen and oxygen atoms in total. The highest BCUT2D eigenvalue weighted by Crippen LogP contribution is 2.23. The number of benzene rings is 1. The van der Waals surface area contributed by atoms with Gasteiger partial charge in [-0.15, -0.1) is 0 Å². The summed E-state index contributed by atoms with van der Waals surface area (Å²) in [6.45, 7) is 3.94. The zero-order valence-corrected chi connectivity index (χ0v) is 14.6. The molecule has 0 unspecified atom stereocenters. The number of nitrogens with zero attached hydrogens (tertiary/aromatic N) is 3. The Kier molecular flexibility index (Phi) is 4.57. The van der Waals surface area contributed by atoms with Gasteiger partial charge in [0.1, 0.15) is 17.5 Å². The van der Waals surface area contributed by atoms with E-state index in [4.69, 9.17) is 0 Å². The average Bonchev–Trinajstić information content (AvgIpc) is 3.01. The molecule has 1 fully saturated rings. The first kappa shape index (κ1) is 16.5. The van der Waals surface area contributed by atoms with E-state index in [2.05, 4.69) is 24.9 Å². The van der Waals surface area contributed by atoms with Gasteiger partial charge in [0, 0.05) is 30.5 Å².